The third-order valence-corrected chi connectivity index (χ3v) is 4.09. The molecule has 8 heteroatoms. The van der Waals surface area contributed by atoms with Gasteiger partial charge in [-0.25, -0.2) is 9.80 Å². The van der Waals surface area contributed by atoms with E-state index in [-0.39, 0.29) is 44.0 Å². The Morgan fingerprint density at radius 2 is 1.93 bits per heavy atom. The molecule has 1 aliphatic rings. The summed E-state index contributed by atoms with van der Waals surface area (Å²) in [4.78, 5) is 36.1. The molecule has 28 heavy (non-hydrogen) atoms. The van der Waals surface area contributed by atoms with Crippen LogP contribution >= 0.6 is 0 Å². The van der Waals surface area contributed by atoms with Gasteiger partial charge in [0.25, 0.3) is 5.91 Å². The number of hydrogen-bond donors (Lipinski definition) is 2. The number of carbonyl (C=O) groups is 3. The molecule has 2 N–H and O–H groups in total. The molecule has 0 aromatic heterocycles. The highest BCUT2D eigenvalue weighted by molar-refractivity contribution is 6.39. The van der Waals surface area contributed by atoms with Crippen molar-refractivity contribution in [3.63, 3.8) is 0 Å². The second kappa shape index (κ2) is 9.45. The molecular formula is C20H27N3O5. The maximum absolute atomic E-state index is 12.5. The van der Waals surface area contributed by atoms with Gasteiger partial charge >= 0.3 is 5.97 Å². The number of carboxylic acid groups (broad SMARTS) is 1. The second-order valence-corrected chi connectivity index (χ2v) is 7.60. The molecule has 1 atom stereocenters. The Bertz CT molecular complexity index is 740. The maximum Gasteiger partial charge on any atom is 0.326 e. The molecule has 0 aliphatic carbocycles. The zero-order chi connectivity index (χ0) is 20.7. The van der Waals surface area contributed by atoms with Crippen LogP contribution in [0.3, 0.4) is 0 Å². The summed E-state index contributed by atoms with van der Waals surface area (Å²) in [6.07, 6.45) is 0.475. The maximum atomic E-state index is 12.5. The van der Waals surface area contributed by atoms with Crippen molar-refractivity contribution in [3.8, 4) is 0 Å². The first-order valence-corrected chi connectivity index (χ1v) is 9.25. The number of rotatable bonds is 8. The summed E-state index contributed by atoms with van der Waals surface area (Å²) in [5.41, 5.74) is 0.654. The van der Waals surface area contributed by atoms with Crippen molar-refractivity contribution in [2.45, 2.75) is 58.2 Å². The van der Waals surface area contributed by atoms with E-state index in [4.69, 9.17) is 4.74 Å². The lowest BCUT2D eigenvalue weighted by Gasteiger charge is -2.24. The van der Waals surface area contributed by atoms with Crippen LogP contribution in [0.4, 0.5) is 0 Å². The third-order valence-electron chi connectivity index (χ3n) is 4.09. The van der Waals surface area contributed by atoms with Gasteiger partial charge in [-0.15, -0.1) is 0 Å². The van der Waals surface area contributed by atoms with Gasteiger partial charge < -0.3 is 15.2 Å². The third kappa shape index (κ3) is 6.77. The van der Waals surface area contributed by atoms with Crippen LogP contribution in [0.1, 0.15) is 45.6 Å². The van der Waals surface area contributed by atoms with Gasteiger partial charge in [-0.3, -0.25) is 9.59 Å². The summed E-state index contributed by atoms with van der Waals surface area (Å²) >= 11 is 0. The fourth-order valence-corrected chi connectivity index (χ4v) is 2.63. The molecule has 1 aromatic carbocycles. The van der Waals surface area contributed by atoms with Crippen LogP contribution in [-0.2, 0) is 25.7 Å². The van der Waals surface area contributed by atoms with Crippen molar-refractivity contribution in [2.75, 3.05) is 6.61 Å². The predicted molar refractivity (Wildman–Crippen MR) is 104 cm³/mol. The van der Waals surface area contributed by atoms with Crippen molar-refractivity contribution in [2.24, 2.45) is 5.10 Å². The fourth-order valence-electron chi connectivity index (χ4n) is 2.63. The smallest absolute Gasteiger partial charge is 0.326 e. The predicted octanol–water partition coefficient (Wildman–Crippen LogP) is 1.94. The molecule has 0 fully saturated rings. The molecule has 0 radical (unpaired) electrons. The molecule has 1 aromatic rings. The second-order valence-electron chi connectivity index (χ2n) is 7.60. The Hall–Kier alpha value is -2.74. The number of carbonyl (C=O) groups excluding carboxylic acids is 2. The summed E-state index contributed by atoms with van der Waals surface area (Å²) < 4.78 is 5.54. The lowest BCUT2D eigenvalue weighted by atomic mass is 10.1. The number of carboxylic acids is 1. The highest BCUT2D eigenvalue weighted by Crippen LogP contribution is 2.14. The van der Waals surface area contributed by atoms with E-state index in [1.54, 1.807) is 0 Å². The number of nitrogens with zero attached hydrogens (tertiary/aromatic N) is 2. The molecule has 8 nitrogen and oxygen atoms in total. The minimum absolute atomic E-state index is 0.137. The van der Waals surface area contributed by atoms with Gasteiger partial charge in [-0.2, -0.15) is 5.10 Å². The van der Waals surface area contributed by atoms with Crippen LogP contribution in [0.25, 0.3) is 0 Å². The lowest BCUT2D eigenvalue weighted by Crippen LogP contribution is -2.46. The average Bonchev–Trinajstić information content (AvgIpc) is 2.62. The quantitative estimate of drug-likeness (QED) is 0.706. The summed E-state index contributed by atoms with van der Waals surface area (Å²) in [5.74, 6) is -1.89. The molecule has 1 heterocycles. The first-order chi connectivity index (χ1) is 13.2. The Labute approximate surface area is 164 Å². The van der Waals surface area contributed by atoms with Gasteiger partial charge in [0.15, 0.2) is 0 Å². The zero-order valence-corrected chi connectivity index (χ0v) is 16.5. The minimum Gasteiger partial charge on any atom is -0.480 e. The van der Waals surface area contributed by atoms with Crippen LogP contribution in [0.15, 0.2) is 35.4 Å². The van der Waals surface area contributed by atoms with E-state index in [1.807, 2.05) is 51.1 Å². The van der Waals surface area contributed by atoms with Crippen molar-refractivity contribution in [3.05, 3.63) is 35.9 Å². The molecule has 2 amide bonds. The van der Waals surface area contributed by atoms with Crippen LogP contribution in [0.5, 0.6) is 0 Å². The highest BCUT2D eigenvalue weighted by Gasteiger charge is 2.28. The van der Waals surface area contributed by atoms with Crippen LogP contribution in [-0.4, -0.2) is 51.9 Å². The van der Waals surface area contributed by atoms with Gasteiger partial charge in [0.2, 0.25) is 5.91 Å². The lowest BCUT2D eigenvalue weighted by molar-refractivity contribution is -0.142. The molecule has 2 rings (SSSR count). The molecule has 0 saturated carbocycles. The van der Waals surface area contributed by atoms with Crippen LogP contribution < -0.4 is 5.32 Å². The van der Waals surface area contributed by atoms with Gasteiger partial charge in [0, 0.05) is 25.9 Å². The number of aliphatic carboxylic acids is 1. The van der Waals surface area contributed by atoms with Gasteiger partial charge in [-0.05, 0) is 26.3 Å². The van der Waals surface area contributed by atoms with Crippen LogP contribution in [0.2, 0.25) is 0 Å². The first kappa shape index (κ1) is 21.6. The van der Waals surface area contributed by atoms with E-state index in [0.717, 1.165) is 5.56 Å². The molecule has 0 bridgehead atoms. The molecular weight excluding hydrogens is 362 g/mol. The number of amides is 2. The van der Waals surface area contributed by atoms with E-state index >= 15 is 0 Å². The number of benzene rings is 1. The van der Waals surface area contributed by atoms with E-state index in [0.29, 0.717) is 0 Å². The largest absolute Gasteiger partial charge is 0.480 e. The number of hydrazone groups is 1. The topological polar surface area (TPSA) is 108 Å². The standard InChI is InChI=1S/C20H27N3O5/c1-20(2,3)28-12-11-16(19(26)27)21-18(25)15-9-10-17(24)23(22-15)13-14-7-5-4-6-8-14/h4-8,16H,9-13H2,1-3H3,(H,21,25)(H,26,27). The highest BCUT2D eigenvalue weighted by atomic mass is 16.5. The average molecular weight is 389 g/mol. The molecule has 0 spiro atoms. The molecule has 0 saturated heterocycles. The number of hydrogen-bond acceptors (Lipinski definition) is 5. The van der Waals surface area contributed by atoms with Crippen LogP contribution in [0, 0.1) is 0 Å². The van der Waals surface area contributed by atoms with E-state index < -0.39 is 23.5 Å². The monoisotopic (exact) mass is 389 g/mol. The van der Waals surface area contributed by atoms with E-state index in [1.165, 1.54) is 5.01 Å². The number of nitrogens with one attached hydrogen (secondary N) is 1. The van der Waals surface area contributed by atoms with Crippen molar-refractivity contribution >= 4 is 23.5 Å². The zero-order valence-electron chi connectivity index (χ0n) is 16.5. The Kier molecular flexibility index (Phi) is 7.28. The number of ether oxygens (including phenoxy) is 1. The van der Waals surface area contributed by atoms with Crippen molar-refractivity contribution < 1.29 is 24.2 Å². The Morgan fingerprint density at radius 1 is 1.25 bits per heavy atom. The van der Waals surface area contributed by atoms with Crippen molar-refractivity contribution in [1.82, 2.24) is 10.3 Å². The first-order valence-electron chi connectivity index (χ1n) is 9.25. The molecule has 152 valence electrons. The van der Waals surface area contributed by atoms with E-state index in [2.05, 4.69) is 10.4 Å². The van der Waals surface area contributed by atoms with Gasteiger partial charge in [-0.1, -0.05) is 30.3 Å². The Balaban J connectivity index is 2.01. The fraction of sp³-hybridized carbons (Fsp3) is 0.500. The van der Waals surface area contributed by atoms with Crippen molar-refractivity contribution in [1.29, 1.82) is 0 Å². The molecule has 1 aliphatic heterocycles. The summed E-state index contributed by atoms with van der Waals surface area (Å²) in [6.45, 7) is 6.08. The molecule has 1 unspecified atom stereocenters. The minimum atomic E-state index is -1.14. The summed E-state index contributed by atoms with van der Waals surface area (Å²) in [6, 6.07) is 8.24. The Morgan fingerprint density at radius 3 is 2.54 bits per heavy atom. The summed E-state index contributed by atoms with van der Waals surface area (Å²) in [5, 5.41) is 17.3. The SMILES string of the molecule is CC(C)(C)OCCC(NC(=O)C1=NN(Cc2ccccc2)C(=O)CC1)C(=O)O. The summed E-state index contributed by atoms with van der Waals surface area (Å²) in [7, 11) is 0. The van der Waals surface area contributed by atoms with Gasteiger partial charge in [0.1, 0.15) is 11.8 Å². The van der Waals surface area contributed by atoms with Gasteiger partial charge in [0.05, 0.1) is 12.1 Å². The normalized spacial score (nSPS) is 15.8. The van der Waals surface area contributed by atoms with E-state index in [9.17, 15) is 19.5 Å².